The standard InChI is InChI=1S/C16H19N/c1-3-4-5-6-7-14-8-9-15-10-13(2)12-17-16(15)11-14/h6-12H,3-5H2,1-2H3/b7-6+. The second kappa shape index (κ2) is 5.62. The third-order valence-corrected chi connectivity index (χ3v) is 2.88. The van der Waals surface area contributed by atoms with Gasteiger partial charge in [0.2, 0.25) is 0 Å². The summed E-state index contributed by atoms with van der Waals surface area (Å²) < 4.78 is 0. The lowest BCUT2D eigenvalue weighted by atomic mass is 10.1. The molecule has 0 bridgehead atoms. The molecule has 2 rings (SSSR count). The van der Waals surface area contributed by atoms with Gasteiger partial charge in [0.05, 0.1) is 5.52 Å². The molecule has 0 spiro atoms. The van der Waals surface area contributed by atoms with Crippen molar-refractivity contribution in [3.8, 4) is 0 Å². The van der Waals surface area contributed by atoms with E-state index in [0.717, 1.165) is 11.9 Å². The van der Waals surface area contributed by atoms with E-state index in [1.807, 2.05) is 6.20 Å². The van der Waals surface area contributed by atoms with E-state index in [0.29, 0.717) is 0 Å². The van der Waals surface area contributed by atoms with Crippen LogP contribution in [0.2, 0.25) is 0 Å². The number of hydrogen-bond acceptors (Lipinski definition) is 1. The Morgan fingerprint density at radius 3 is 2.94 bits per heavy atom. The summed E-state index contributed by atoms with van der Waals surface area (Å²) in [6, 6.07) is 8.63. The number of unbranched alkanes of at least 4 members (excludes halogenated alkanes) is 2. The van der Waals surface area contributed by atoms with Gasteiger partial charge in [-0.25, -0.2) is 0 Å². The minimum absolute atomic E-state index is 1.08. The lowest BCUT2D eigenvalue weighted by Gasteiger charge is -2.00. The van der Waals surface area contributed by atoms with Gasteiger partial charge in [-0.2, -0.15) is 0 Å². The van der Waals surface area contributed by atoms with Crippen LogP contribution in [0.1, 0.15) is 37.3 Å². The molecule has 0 fully saturated rings. The Balaban J connectivity index is 2.20. The first-order valence-corrected chi connectivity index (χ1v) is 6.32. The van der Waals surface area contributed by atoms with Gasteiger partial charge < -0.3 is 0 Å². The highest BCUT2D eigenvalue weighted by atomic mass is 14.6. The number of pyridine rings is 1. The van der Waals surface area contributed by atoms with E-state index in [-0.39, 0.29) is 0 Å². The van der Waals surface area contributed by atoms with Crippen LogP contribution < -0.4 is 0 Å². The molecule has 0 atom stereocenters. The van der Waals surface area contributed by atoms with E-state index in [4.69, 9.17) is 0 Å². The van der Waals surface area contributed by atoms with Crippen molar-refractivity contribution in [3.05, 3.63) is 47.7 Å². The average Bonchev–Trinajstić information content (AvgIpc) is 2.35. The van der Waals surface area contributed by atoms with Crippen molar-refractivity contribution in [2.45, 2.75) is 33.1 Å². The molecule has 0 aliphatic heterocycles. The maximum Gasteiger partial charge on any atom is 0.0708 e. The first-order chi connectivity index (χ1) is 8.29. The van der Waals surface area contributed by atoms with Crippen LogP contribution in [-0.4, -0.2) is 4.98 Å². The van der Waals surface area contributed by atoms with Crippen molar-refractivity contribution in [3.63, 3.8) is 0 Å². The minimum atomic E-state index is 1.08. The fourth-order valence-electron chi connectivity index (χ4n) is 1.89. The van der Waals surface area contributed by atoms with Gasteiger partial charge in [-0.05, 0) is 36.6 Å². The number of aromatic nitrogens is 1. The van der Waals surface area contributed by atoms with E-state index >= 15 is 0 Å². The van der Waals surface area contributed by atoms with E-state index < -0.39 is 0 Å². The van der Waals surface area contributed by atoms with Crippen molar-refractivity contribution in [2.75, 3.05) is 0 Å². The highest BCUT2D eigenvalue weighted by Crippen LogP contribution is 2.16. The topological polar surface area (TPSA) is 12.9 Å². The number of nitrogens with zero attached hydrogens (tertiary/aromatic N) is 1. The normalized spacial score (nSPS) is 11.4. The summed E-state index contributed by atoms with van der Waals surface area (Å²) in [5.74, 6) is 0. The molecular formula is C16H19N. The van der Waals surface area contributed by atoms with Gasteiger partial charge in [-0.1, -0.05) is 44.1 Å². The predicted octanol–water partition coefficient (Wildman–Crippen LogP) is 4.75. The van der Waals surface area contributed by atoms with Gasteiger partial charge >= 0.3 is 0 Å². The molecule has 0 amide bonds. The molecule has 1 heterocycles. The van der Waals surface area contributed by atoms with Crippen LogP contribution in [-0.2, 0) is 0 Å². The number of aryl methyl sites for hydroxylation is 1. The van der Waals surface area contributed by atoms with E-state index in [2.05, 4.69) is 55.2 Å². The Hall–Kier alpha value is -1.63. The summed E-state index contributed by atoms with van der Waals surface area (Å²) in [4.78, 5) is 4.45. The zero-order valence-electron chi connectivity index (χ0n) is 10.6. The molecule has 17 heavy (non-hydrogen) atoms. The van der Waals surface area contributed by atoms with Crippen LogP contribution in [0.3, 0.4) is 0 Å². The van der Waals surface area contributed by atoms with Crippen molar-refractivity contribution in [1.29, 1.82) is 0 Å². The molecule has 0 saturated carbocycles. The molecule has 0 aliphatic carbocycles. The zero-order valence-corrected chi connectivity index (χ0v) is 10.6. The Kier molecular flexibility index (Phi) is 3.92. The largest absolute Gasteiger partial charge is 0.256 e. The summed E-state index contributed by atoms with van der Waals surface area (Å²) in [5, 5.41) is 1.22. The van der Waals surface area contributed by atoms with Crippen LogP contribution >= 0.6 is 0 Å². The average molecular weight is 225 g/mol. The summed E-state index contributed by atoms with van der Waals surface area (Å²) >= 11 is 0. The lowest BCUT2D eigenvalue weighted by Crippen LogP contribution is -1.82. The third kappa shape index (κ3) is 3.16. The van der Waals surface area contributed by atoms with Gasteiger partial charge in [-0.15, -0.1) is 0 Å². The molecule has 88 valence electrons. The Bertz CT molecular complexity index is 526. The molecule has 1 aromatic carbocycles. The highest BCUT2D eigenvalue weighted by molar-refractivity contribution is 5.81. The molecular weight excluding hydrogens is 206 g/mol. The molecule has 1 heteroatoms. The first kappa shape index (κ1) is 11.8. The number of hydrogen-bond donors (Lipinski definition) is 0. The van der Waals surface area contributed by atoms with Crippen LogP contribution in [0, 0.1) is 6.92 Å². The molecule has 0 saturated heterocycles. The summed E-state index contributed by atoms with van der Waals surface area (Å²) in [5.41, 5.74) is 3.53. The number of allylic oxidation sites excluding steroid dienone is 1. The van der Waals surface area contributed by atoms with Gasteiger partial charge in [0.15, 0.2) is 0 Å². The highest BCUT2D eigenvalue weighted by Gasteiger charge is 1.95. The van der Waals surface area contributed by atoms with E-state index in [1.165, 1.54) is 29.4 Å². The Morgan fingerprint density at radius 1 is 1.24 bits per heavy atom. The zero-order chi connectivity index (χ0) is 12.1. The molecule has 0 aliphatic rings. The van der Waals surface area contributed by atoms with Crippen LogP contribution in [0.5, 0.6) is 0 Å². The van der Waals surface area contributed by atoms with Crippen molar-refractivity contribution >= 4 is 17.0 Å². The van der Waals surface area contributed by atoms with Gasteiger partial charge in [-0.3, -0.25) is 4.98 Å². The minimum Gasteiger partial charge on any atom is -0.256 e. The summed E-state index contributed by atoms with van der Waals surface area (Å²) in [6.45, 7) is 4.29. The molecule has 0 unspecified atom stereocenters. The summed E-state index contributed by atoms with van der Waals surface area (Å²) in [6.07, 6.45) is 10.0. The molecule has 1 nitrogen and oxygen atoms in total. The van der Waals surface area contributed by atoms with Gasteiger partial charge in [0.1, 0.15) is 0 Å². The van der Waals surface area contributed by atoms with E-state index in [9.17, 15) is 0 Å². The maximum atomic E-state index is 4.45. The van der Waals surface area contributed by atoms with Crippen LogP contribution in [0.15, 0.2) is 36.5 Å². The fourth-order valence-corrected chi connectivity index (χ4v) is 1.89. The number of fused-ring (bicyclic) bond motifs is 1. The second-order valence-electron chi connectivity index (χ2n) is 4.51. The van der Waals surface area contributed by atoms with E-state index in [1.54, 1.807) is 0 Å². The fraction of sp³-hybridized carbons (Fsp3) is 0.312. The van der Waals surface area contributed by atoms with Crippen molar-refractivity contribution in [2.24, 2.45) is 0 Å². The third-order valence-electron chi connectivity index (χ3n) is 2.88. The Morgan fingerprint density at radius 2 is 2.12 bits per heavy atom. The number of benzene rings is 1. The maximum absolute atomic E-state index is 4.45. The lowest BCUT2D eigenvalue weighted by molar-refractivity contribution is 0.816. The molecule has 0 radical (unpaired) electrons. The smallest absolute Gasteiger partial charge is 0.0708 e. The van der Waals surface area contributed by atoms with Crippen LogP contribution in [0.4, 0.5) is 0 Å². The Labute approximate surface area is 103 Å². The summed E-state index contributed by atoms with van der Waals surface area (Å²) in [7, 11) is 0. The number of rotatable bonds is 4. The van der Waals surface area contributed by atoms with Crippen LogP contribution in [0.25, 0.3) is 17.0 Å². The van der Waals surface area contributed by atoms with Gasteiger partial charge in [0, 0.05) is 11.6 Å². The van der Waals surface area contributed by atoms with Gasteiger partial charge in [0.25, 0.3) is 0 Å². The second-order valence-corrected chi connectivity index (χ2v) is 4.51. The quantitative estimate of drug-likeness (QED) is 0.684. The van der Waals surface area contributed by atoms with Crippen molar-refractivity contribution < 1.29 is 0 Å². The monoisotopic (exact) mass is 225 g/mol. The first-order valence-electron chi connectivity index (χ1n) is 6.32. The molecule has 1 aromatic heterocycles. The molecule has 2 aromatic rings. The molecule has 0 N–H and O–H groups in total. The SMILES string of the molecule is CCCC/C=C/c1ccc2cc(C)cnc2c1. The predicted molar refractivity (Wildman–Crippen MR) is 75.0 cm³/mol. The van der Waals surface area contributed by atoms with Crippen molar-refractivity contribution in [1.82, 2.24) is 4.98 Å².